The van der Waals surface area contributed by atoms with E-state index in [0.717, 1.165) is 23.3 Å². The maximum atomic E-state index is 12.5. The van der Waals surface area contributed by atoms with Crippen LogP contribution in [-0.2, 0) is 38.4 Å². The Hall–Kier alpha value is -6.60. The number of primary amides is 1. The highest BCUT2D eigenvalue weighted by atomic mass is 35.5. The lowest BCUT2D eigenvalue weighted by Crippen LogP contribution is -2.22. The fourth-order valence-electron chi connectivity index (χ4n) is 6.38. The molecule has 0 radical (unpaired) electrons. The van der Waals surface area contributed by atoms with Crippen molar-refractivity contribution < 1.29 is 63.2 Å². The SMILES string of the molecule is CC(C)C(=O)C(O)c1ccc(F)cc1.CC(C)C(=O)C(O)c1cccc(Cl)c1.CC(C)C(=O)C(O)c1ccccc1.CC(C)C(=O)CC(O)c1ccccc1.CC(C)C(=O)CSc1ccncc1.CC(C)C(N)=O.CC(C)CCC(=O)C(C)C.CNC(=O)C(C)C. The highest BCUT2D eigenvalue weighted by Crippen LogP contribution is 2.23. The molecular formula is C73H107ClFN3O12S. The number of hydrogen-bond acceptors (Lipinski definition) is 14. The molecule has 0 saturated carbocycles. The zero-order chi connectivity index (χ0) is 70.7. The van der Waals surface area contributed by atoms with Gasteiger partial charge in [-0.1, -0.05) is 221 Å². The number of nitrogens with two attached hydrogens (primary N) is 1. The number of halogens is 2. The molecule has 2 amide bonds. The first kappa shape index (κ1) is 88.6. The van der Waals surface area contributed by atoms with Crippen LogP contribution in [0.3, 0.4) is 0 Å². The number of pyridine rings is 1. The van der Waals surface area contributed by atoms with E-state index in [4.69, 9.17) is 17.3 Å². The van der Waals surface area contributed by atoms with E-state index in [9.17, 15) is 63.2 Å². The summed E-state index contributed by atoms with van der Waals surface area (Å²) in [4.78, 5) is 93.3. The number of ketones is 6. The van der Waals surface area contributed by atoms with Crippen molar-refractivity contribution in [2.75, 3.05) is 12.8 Å². The highest BCUT2D eigenvalue weighted by molar-refractivity contribution is 8.00. The zero-order valence-electron chi connectivity index (χ0n) is 57.3. The normalized spacial score (nSPS) is 11.8. The predicted molar refractivity (Wildman–Crippen MR) is 366 cm³/mol. The fourth-order valence-corrected chi connectivity index (χ4v) is 7.54. The monoisotopic (exact) mass is 1300 g/mol. The van der Waals surface area contributed by atoms with Gasteiger partial charge in [-0.05, 0) is 71.0 Å². The summed E-state index contributed by atoms with van der Waals surface area (Å²) in [5, 5.41) is 41.6. The van der Waals surface area contributed by atoms with Gasteiger partial charge in [-0.3, -0.25) is 43.3 Å². The average Bonchev–Trinajstić information content (AvgIpc) is 1.85. The van der Waals surface area contributed by atoms with Crippen molar-refractivity contribution in [3.63, 3.8) is 0 Å². The Balaban J connectivity index is -0.000000986. The Morgan fingerprint density at radius 2 is 0.868 bits per heavy atom. The highest BCUT2D eigenvalue weighted by Gasteiger charge is 2.22. The third-order valence-corrected chi connectivity index (χ3v) is 14.1. The van der Waals surface area contributed by atoms with Crippen molar-refractivity contribution in [3.8, 4) is 0 Å². The summed E-state index contributed by atoms with van der Waals surface area (Å²) in [5.74, 6) is 0.829. The first-order valence-corrected chi connectivity index (χ1v) is 32.3. The molecule has 506 valence electrons. The zero-order valence-corrected chi connectivity index (χ0v) is 58.9. The van der Waals surface area contributed by atoms with Gasteiger partial charge in [-0.2, -0.15) is 0 Å². The second-order valence-electron chi connectivity index (χ2n) is 24.1. The van der Waals surface area contributed by atoms with Crippen molar-refractivity contribution in [2.45, 2.75) is 173 Å². The third-order valence-electron chi connectivity index (χ3n) is 12.8. The lowest BCUT2D eigenvalue weighted by Gasteiger charge is -2.12. The molecule has 91 heavy (non-hydrogen) atoms. The van der Waals surface area contributed by atoms with E-state index >= 15 is 0 Å². The van der Waals surface area contributed by atoms with Crippen LogP contribution in [0.1, 0.15) is 191 Å². The van der Waals surface area contributed by atoms with Gasteiger partial charge in [0.15, 0.2) is 17.3 Å². The Labute approximate surface area is 552 Å². The van der Waals surface area contributed by atoms with Crippen LogP contribution < -0.4 is 11.1 Å². The van der Waals surface area contributed by atoms with E-state index in [1.54, 1.807) is 123 Å². The summed E-state index contributed by atoms with van der Waals surface area (Å²) < 4.78 is 12.5. The second-order valence-corrected chi connectivity index (χ2v) is 25.6. The number of carbonyl (C=O) groups is 8. The molecule has 1 aromatic heterocycles. The number of nitrogens with zero attached hydrogens (tertiary/aromatic N) is 1. The Morgan fingerprint density at radius 1 is 0.484 bits per heavy atom. The van der Waals surface area contributed by atoms with Crippen molar-refractivity contribution in [2.24, 2.45) is 59.0 Å². The van der Waals surface area contributed by atoms with E-state index in [-0.39, 0.29) is 94.5 Å². The van der Waals surface area contributed by atoms with Gasteiger partial charge in [0.1, 0.15) is 41.5 Å². The predicted octanol–water partition coefficient (Wildman–Crippen LogP) is 14.5. The van der Waals surface area contributed by atoms with Gasteiger partial charge in [-0.25, -0.2) is 4.39 Å². The number of benzene rings is 4. The molecule has 4 unspecified atom stereocenters. The quantitative estimate of drug-likeness (QED) is 0.0332. The minimum atomic E-state index is -1.14. The minimum absolute atomic E-state index is 0.00615. The van der Waals surface area contributed by atoms with Gasteiger partial charge in [0.25, 0.3) is 0 Å². The first-order chi connectivity index (χ1) is 42.3. The molecule has 5 rings (SSSR count). The van der Waals surface area contributed by atoms with Crippen molar-refractivity contribution in [1.82, 2.24) is 10.3 Å². The van der Waals surface area contributed by atoms with Crippen LogP contribution in [0.2, 0.25) is 5.02 Å². The van der Waals surface area contributed by atoms with Crippen LogP contribution in [0.5, 0.6) is 0 Å². The number of Topliss-reactive ketones (excluding diaryl/α,β-unsaturated/α-hetero) is 6. The molecule has 7 N–H and O–H groups in total. The number of aliphatic hydroxyl groups excluding tert-OH is 4. The minimum Gasteiger partial charge on any atom is -0.388 e. The van der Waals surface area contributed by atoms with Crippen LogP contribution in [-0.4, -0.2) is 84.7 Å². The second kappa shape index (κ2) is 50.0. The Kier molecular flexibility index (Phi) is 48.7. The topological polar surface area (TPSA) is 268 Å². The van der Waals surface area contributed by atoms with Gasteiger partial charge >= 0.3 is 0 Å². The third kappa shape index (κ3) is 43.0. The molecule has 0 saturated heterocycles. The van der Waals surface area contributed by atoms with Gasteiger partial charge in [0.2, 0.25) is 11.8 Å². The summed E-state index contributed by atoms with van der Waals surface area (Å²) in [7, 11) is 1.64. The summed E-state index contributed by atoms with van der Waals surface area (Å²) in [5.41, 5.74) is 7.26. The molecule has 5 aromatic rings. The number of hydrogen-bond donors (Lipinski definition) is 6. The molecule has 4 aromatic carbocycles. The van der Waals surface area contributed by atoms with Gasteiger partial charge in [0.05, 0.1) is 11.9 Å². The average molecular weight is 1310 g/mol. The molecule has 15 nitrogen and oxygen atoms in total. The van der Waals surface area contributed by atoms with Gasteiger partial charge < -0.3 is 31.5 Å². The maximum Gasteiger partial charge on any atom is 0.222 e. The smallest absolute Gasteiger partial charge is 0.222 e. The molecule has 0 fully saturated rings. The number of thioether (sulfide) groups is 1. The summed E-state index contributed by atoms with van der Waals surface area (Å²) in [6.45, 7) is 33.5. The number of nitrogens with one attached hydrogen (secondary N) is 1. The molecule has 0 aliphatic rings. The Bertz CT molecular complexity index is 2830. The molecule has 18 heteroatoms. The van der Waals surface area contributed by atoms with Crippen LogP contribution in [0.4, 0.5) is 4.39 Å². The molecular weight excluding hydrogens is 1200 g/mol. The van der Waals surface area contributed by atoms with Crippen molar-refractivity contribution in [3.05, 3.63) is 167 Å². The van der Waals surface area contributed by atoms with E-state index in [2.05, 4.69) is 24.1 Å². The number of aromatic nitrogens is 1. The standard InChI is InChI=1S/C12H16O2.C11H13ClO2.C11H13FO2.C11H14O2.C10H13NOS.C9H18O.C5H11NO.C4H9NO/c1-9(2)11(13)8-12(14)10-6-4-3-5-7-10;1-7(2)10(13)11(14)8-4-3-5-9(12)6-8;1-7(2)10(13)11(14)8-3-5-9(12)6-4-8;1-8(2)10(12)11(13)9-6-4-3-5-7-9;1-8(2)10(12)7-13-9-3-5-11-6-4-9;1-7(2)5-6-9(10)8(3)4;1-4(2)5(7)6-3;1-3(2)4(5)6/h3-7,9,12,14H,8H2,1-2H3;2*3-7,11,14H,1-2H3;3-8,11,13H,1-2H3;3-6,8H,7H2,1-2H3;7-8H,5-6H2,1-4H3;4H,1-3H3,(H,6,7);3H,1-2H3,(H2,5,6). The summed E-state index contributed by atoms with van der Waals surface area (Å²) >= 11 is 7.32. The summed E-state index contributed by atoms with van der Waals surface area (Å²) in [6, 6.07) is 34.1. The first-order valence-electron chi connectivity index (χ1n) is 30.9. The fraction of sp³-hybridized carbons (Fsp3) is 0.493. The van der Waals surface area contributed by atoms with Crippen LogP contribution >= 0.6 is 23.4 Å². The lowest BCUT2D eigenvalue weighted by molar-refractivity contribution is -0.131. The van der Waals surface area contributed by atoms with E-state index in [1.165, 1.54) is 24.3 Å². The molecule has 0 spiro atoms. The van der Waals surface area contributed by atoms with E-state index in [0.29, 0.717) is 45.0 Å². The molecule has 0 bridgehead atoms. The number of amides is 2. The number of aliphatic hydroxyl groups is 4. The molecule has 1 heterocycles. The van der Waals surface area contributed by atoms with E-state index < -0.39 is 24.4 Å². The lowest BCUT2D eigenvalue weighted by atomic mass is 9.98. The van der Waals surface area contributed by atoms with Gasteiger partial charge in [-0.15, -0.1) is 11.8 Å². The van der Waals surface area contributed by atoms with Gasteiger partial charge in [0, 0.05) is 89.5 Å². The van der Waals surface area contributed by atoms with Crippen molar-refractivity contribution in [1.29, 1.82) is 0 Å². The maximum absolute atomic E-state index is 12.5. The van der Waals surface area contributed by atoms with Crippen molar-refractivity contribution >= 4 is 69.9 Å². The number of rotatable bonds is 23. The number of carbonyl (C=O) groups excluding carboxylic acids is 8. The molecule has 4 atom stereocenters. The Morgan fingerprint density at radius 3 is 1.21 bits per heavy atom. The van der Waals surface area contributed by atoms with Crippen LogP contribution in [0, 0.1) is 59.1 Å². The van der Waals surface area contributed by atoms with E-state index in [1.807, 2.05) is 116 Å². The summed E-state index contributed by atoms with van der Waals surface area (Å²) in [6.07, 6.45) is 1.65. The largest absolute Gasteiger partial charge is 0.388 e. The van der Waals surface area contributed by atoms with Crippen LogP contribution in [0.15, 0.2) is 139 Å². The van der Waals surface area contributed by atoms with Crippen LogP contribution in [0.25, 0.3) is 0 Å². The molecule has 0 aliphatic heterocycles. The molecule has 0 aliphatic carbocycles.